The van der Waals surface area contributed by atoms with Gasteiger partial charge in [-0.15, -0.1) is 24.0 Å². The topological polar surface area (TPSA) is 92.0 Å². The van der Waals surface area contributed by atoms with Crippen LogP contribution in [0.3, 0.4) is 0 Å². The molecule has 1 aliphatic heterocycles. The zero-order valence-electron chi connectivity index (χ0n) is 16.9. The summed E-state index contributed by atoms with van der Waals surface area (Å²) in [5, 5.41) is 17.5. The zero-order valence-corrected chi connectivity index (χ0v) is 19.2. The Kier molecular flexibility index (Phi) is 11.3. The molecule has 1 fully saturated rings. The van der Waals surface area contributed by atoms with Crippen molar-refractivity contribution < 1.29 is 9.66 Å². The fourth-order valence-corrected chi connectivity index (χ4v) is 3.13. The first-order chi connectivity index (χ1) is 13.0. The molecule has 0 bridgehead atoms. The summed E-state index contributed by atoms with van der Waals surface area (Å²) in [7, 11) is 0. The molecule has 0 radical (unpaired) electrons. The van der Waals surface area contributed by atoms with Gasteiger partial charge >= 0.3 is 0 Å². The molecule has 0 saturated carbocycles. The number of nitrogens with one attached hydrogen (secondary N) is 2. The molecule has 0 spiro atoms. The fourth-order valence-electron chi connectivity index (χ4n) is 3.13. The van der Waals surface area contributed by atoms with Gasteiger partial charge in [0.2, 0.25) is 0 Å². The molecular weight excluding hydrogens is 473 g/mol. The Balaban J connectivity index is 0.00000392. The van der Waals surface area contributed by atoms with Gasteiger partial charge in [0.1, 0.15) is 0 Å². The fraction of sp³-hybridized carbons (Fsp3) is 0.632. The Labute approximate surface area is 184 Å². The summed E-state index contributed by atoms with van der Waals surface area (Å²) in [5.74, 6) is 1.28. The van der Waals surface area contributed by atoms with E-state index in [0.29, 0.717) is 18.5 Å². The quantitative estimate of drug-likeness (QED) is 0.186. The van der Waals surface area contributed by atoms with Gasteiger partial charge in [-0.3, -0.25) is 15.0 Å². The number of aliphatic imine (C=N–C) groups is 1. The largest absolute Gasteiger partial charge is 0.379 e. The molecule has 1 saturated heterocycles. The minimum atomic E-state index is -0.392. The highest BCUT2D eigenvalue weighted by molar-refractivity contribution is 14.0. The minimum Gasteiger partial charge on any atom is -0.379 e. The zero-order chi connectivity index (χ0) is 19.6. The van der Waals surface area contributed by atoms with E-state index in [1.54, 1.807) is 12.1 Å². The molecule has 8 nitrogen and oxygen atoms in total. The van der Waals surface area contributed by atoms with Gasteiger partial charge in [-0.2, -0.15) is 0 Å². The number of nitro groups is 1. The van der Waals surface area contributed by atoms with Crippen LogP contribution < -0.4 is 10.6 Å². The molecule has 0 aliphatic carbocycles. The summed E-state index contributed by atoms with van der Waals surface area (Å²) in [5.41, 5.74) is 1.03. The normalized spacial score (nSPS) is 16.4. The highest BCUT2D eigenvalue weighted by atomic mass is 127. The van der Waals surface area contributed by atoms with Crippen molar-refractivity contribution in [3.05, 3.63) is 39.9 Å². The van der Waals surface area contributed by atoms with E-state index in [-0.39, 0.29) is 29.7 Å². The number of morpholine rings is 1. The third-order valence-electron chi connectivity index (χ3n) is 4.67. The van der Waals surface area contributed by atoms with Crippen LogP contribution >= 0.6 is 24.0 Å². The second-order valence-corrected chi connectivity index (χ2v) is 6.96. The van der Waals surface area contributed by atoms with Crippen LogP contribution in [0.25, 0.3) is 0 Å². The predicted octanol–water partition coefficient (Wildman–Crippen LogP) is 2.62. The number of nitro benzene ring substituents is 1. The van der Waals surface area contributed by atoms with Gasteiger partial charge in [-0.25, -0.2) is 4.99 Å². The van der Waals surface area contributed by atoms with Crippen LogP contribution in [0.15, 0.2) is 29.3 Å². The lowest BCUT2D eigenvalue weighted by atomic mass is 10.0. The van der Waals surface area contributed by atoms with E-state index in [1.807, 2.05) is 6.92 Å². The standard InChI is InChI=1S/C19H31N5O3.HI/c1-4-20-19(21-13-16-5-7-17(8-6-16)24(25)26)22-14-18(15(2)3)23-9-11-27-12-10-23;/h5-8,15,18H,4,9-14H2,1-3H3,(H2,20,21,22);1H. The first-order valence-corrected chi connectivity index (χ1v) is 9.58. The van der Waals surface area contributed by atoms with Crippen LogP contribution in [0, 0.1) is 16.0 Å². The molecule has 1 atom stereocenters. The number of hydrogen-bond donors (Lipinski definition) is 2. The summed E-state index contributed by atoms with van der Waals surface area (Å²) in [6.45, 7) is 12.1. The Morgan fingerprint density at radius 1 is 1.25 bits per heavy atom. The van der Waals surface area contributed by atoms with Crippen molar-refractivity contribution in [2.45, 2.75) is 33.4 Å². The van der Waals surface area contributed by atoms with E-state index in [1.165, 1.54) is 12.1 Å². The van der Waals surface area contributed by atoms with Gasteiger partial charge in [0.15, 0.2) is 5.96 Å². The smallest absolute Gasteiger partial charge is 0.269 e. The van der Waals surface area contributed by atoms with Gasteiger partial charge in [0, 0.05) is 44.4 Å². The van der Waals surface area contributed by atoms with Crippen LogP contribution in [-0.2, 0) is 11.3 Å². The van der Waals surface area contributed by atoms with Crippen molar-refractivity contribution in [1.82, 2.24) is 15.5 Å². The summed E-state index contributed by atoms with van der Waals surface area (Å²) >= 11 is 0. The lowest BCUT2D eigenvalue weighted by molar-refractivity contribution is -0.384. The Morgan fingerprint density at radius 2 is 1.89 bits per heavy atom. The molecule has 1 aromatic carbocycles. The van der Waals surface area contributed by atoms with E-state index in [0.717, 1.165) is 50.9 Å². The first kappa shape index (κ1) is 24.6. The second kappa shape index (κ2) is 12.9. The third-order valence-corrected chi connectivity index (χ3v) is 4.67. The van der Waals surface area contributed by atoms with Crippen molar-refractivity contribution in [2.24, 2.45) is 10.9 Å². The van der Waals surface area contributed by atoms with Crippen LogP contribution in [-0.4, -0.2) is 61.2 Å². The molecule has 158 valence electrons. The van der Waals surface area contributed by atoms with Gasteiger partial charge in [-0.1, -0.05) is 26.0 Å². The highest BCUT2D eigenvalue weighted by Gasteiger charge is 2.23. The number of nitrogens with zero attached hydrogens (tertiary/aromatic N) is 3. The average molecular weight is 505 g/mol. The van der Waals surface area contributed by atoms with Crippen LogP contribution in [0.5, 0.6) is 0 Å². The van der Waals surface area contributed by atoms with E-state index in [2.05, 4.69) is 34.4 Å². The molecule has 2 N–H and O–H groups in total. The number of guanidine groups is 1. The monoisotopic (exact) mass is 505 g/mol. The maximum Gasteiger partial charge on any atom is 0.269 e. The molecular formula is C19H32IN5O3. The molecule has 28 heavy (non-hydrogen) atoms. The molecule has 0 aromatic heterocycles. The average Bonchev–Trinajstić information content (AvgIpc) is 2.67. The SMILES string of the molecule is CCNC(=NCc1ccc([N+](=O)[O-])cc1)NCC(C(C)C)N1CCOCC1.I. The van der Waals surface area contributed by atoms with E-state index in [9.17, 15) is 10.1 Å². The van der Waals surface area contributed by atoms with Crippen LogP contribution in [0.4, 0.5) is 5.69 Å². The van der Waals surface area contributed by atoms with Crippen molar-refractivity contribution in [3.8, 4) is 0 Å². The van der Waals surface area contributed by atoms with Crippen molar-refractivity contribution in [3.63, 3.8) is 0 Å². The number of hydrogen-bond acceptors (Lipinski definition) is 5. The summed E-state index contributed by atoms with van der Waals surface area (Å²) in [6, 6.07) is 6.93. The molecule has 0 amide bonds. The molecule has 9 heteroatoms. The van der Waals surface area contributed by atoms with E-state index >= 15 is 0 Å². The first-order valence-electron chi connectivity index (χ1n) is 9.58. The van der Waals surface area contributed by atoms with Crippen molar-refractivity contribution >= 4 is 35.6 Å². The molecule has 1 unspecified atom stereocenters. The molecule has 1 heterocycles. The van der Waals surface area contributed by atoms with Crippen molar-refractivity contribution in [2.75, 3.05) is 39.4 Å². The van der Waals surface area contributed by atoms with Gasteiger partial charge in [0.05, 0.1) is 24.7 Å². The molecule has 1 aliphatic rings. The summed E-state index contributed by atoms with van der Waals surface area (Å²) in [6.07, 6.45) is 0. The van der Waals surface area contributed by atoms with Gasteiger partial charge in [0.25, 0.3) is 5.69 Å². The van der Waals surface area contributed by atoms with E-state index in [4.69, 9.17) is 4.74 Å². The highest BCUT2D eigenvalue weighted by Crippen LogP contribution is 2.13. The predicted molar refractivity (Wildman–Crippen MR) is 122 cm³/mol. The number of benzene rings is 1. The lowest BCUT2D eigenvalue weighted by Crippen LogP contribution is -2.52. The number of rotatable bonds is 8. The Morgan fingerprint density at radius 3 is 2.43 bits per heavy atom. The maximum atomic E-state index is 10.7. The van der Waals surface area contributed by atoms with Crippen LogP contribution in [0.2, 0.25) is 0 Å². The minimum absolute atomic E-state index is 0. The number of halogens is 1. The van der Waals surface area contributed by atoms with Gasteiger partial charge < -0.3 is 15.4 Å². The Bertz CT molecular complexity index is 619. The van der Waals surface area contributed by atoms with Gasteiger partial charge in [-0.05, 0) is 18.4 Å². The number of ether oxygens (including phenoxy) is 1. The molecule has 2 rings (SSSR count). The van der Waals surface area contributed by atoms with Crippen LogP contribution in [0.1, 0.15) is 26.3 Å². The summed E-state index contributed by atoms with van der Waals surface area (Å²) < 4.78 is 5.46. The lowest BCUT2D eigenvalue weighted by Gasteiger charge is -2.37. The Hall–Kier alpha value is -1.46. The third kappa shape index (κ3) is 7.88. The summed E-state index contributed by atoms with van der Waals surface area (Å²) in [4.78, 5) is 17.4. The second-order valence-electron chi connectivity index (χ2n) is 6.96. The van der Waals surface area contributed by atoms with Crippen molar-refractivity contribution in [1.29, 1.82) is 0 Å². The van der Waals surface area contributed by atoms with E-state index < -0.39 is 4.92 Å². The number of non-ortho nitro benzene ring substituents is 1. The maximum absolute atomic E-state index is 10.7. The molecule has 1 aromatic rings.